The maximum Gasteiger partial charge on any atom is 0.416 e. The number of aliphatic hydroxyl groups is 1. The van der Waals surface area contributed by atoms with Crippen LogP contribution in [0, 0.1) is 0 Å². The van der Waals surface area contributed by atoms with Crippen LogP contribution in [-0.2, 0) is 11.0 Å². The maximum atomic E-state index is 12.5. The lowest BCUT2D eigenvalue weighted by Crippen LogP contribution is -2.10. The molecule has 0 radical (unpaired) electrons. The number of hydrogen-bond donors (Lipinski definition) is 3. The third-order valence-electron chi connectivity index (χ3n) is 2.40. The fraction of sp³-hybridized carbons (Fsp3) is 0.364. The van der Waals surface area contributed by atoms with E-state index < -0.39 is 23.8 Å². The lowest BCUT2D eigenvalue weighted by atomic mass is 10.0. The van der Waals surface area contributed by atoms with Crippen molar-refractivity contribution >= 4 is 11.7 Å². The molecule has 0 fully saturated rings. The fourth-order valence-corrected chi connectivity index (χ4v) is 1.46. The summed E-state index contributed by atoms with van der Waals surface area (Å²) in [7, 11) is 0. The SMILES string of the molecule is Nc1ccc(C(F)(F)F)cc1C(O)CCC(=O)O. The Morgan fingerprint density at radius 2 is 2.00 bits per heavy atom. The smallest absolute Gasteiger partial charge is 0.416 e. The van der Waals surface area contributed by atoms with Crippen molar-refractivity contribution in [3.8, 4) is 0 Å². The Morgan fingerprint density at radius 3 is 2.50 bits per heavy atom. The van der Waals surface area contributed by atoms with Gasteiger partial charge in [-0.3, -0.25) is 4.79 Å². The summed E-state index contributed by atoms with van der Waals surface area (Å²) >= 11 is 0. The van der Waals surface area contributed by atoms with E-state index in [1.807, 2.05) is 0 Å². The molecule has 1 aromatic rings. The molecule has 0 saturated carbocycles. The third-order valence-corrected chi connectivity index (χ3v) is 2.40. The van der Waals surface area contributed by atoms with Gasteiger partial charge in [0.05, 0.1) is 11.7 Å². The zero-order valence-electron chi connectivity index (χ0n) is 9.24. The molecule has 0 aliphatic rings. The quantitative estimate of drug-likeness (QED) is 0.727. The molecule has 0 aromatic heterocycles. The minimum Gasteiger partial charge on any atom is -0.481 e. The van der Waals surface area contributed by atoms with E-state index in [1.54, 1.807) is 0 Å². The Kier molecular flexibility index (Phi) is 4.18. The molecule has 18 heavy (non-hydrogen) atoms. The largest absolute Gasteiger partial charge is 0.481 e. The van der Waals surface area contributed by atoms with E-state index in [1.165, 1.54) is 0 Å². The van der Waals surface area contributed by atoms with Gasteiger partial charge in [-0.2, -0.15) is 13.2 Å². The Balaban J connectivity index is 2.97. The number of carbonyl (C=O) groups is 1. The molecule has 0 heterocycles. The van der Waals surface area contributed by atoms with Crippen molar-refractivity contribution in [2.45, 2.75) is 25.1 Å². The van der Waals surface area contributed by atoms with Gasteiger partial charge in [0.2, 0.25) is 0 Å². The van der Waals surface area contributed by atoms with Crippen LogP contribution in [0.15, 0.2) is 18.2 Å². The van der Waals surface area contributed by atoms with E-state index in [0.29, 0.717) is 0 Å². The number of rotatable bonds is 4. The number of nitrogens with two attached hydrogens (primary N) is 1. The van der Waals surface area contributed by atoms with Gasteiger partial charge in [-0.25, -0.2) is 0 Å². The number of hydrogen-bond acceptors (Lipinski definition) is 3. The first-order chi connectivity index (χ1) is 8.21. The number of benzene rings is 1. The number of carboxylic acids is 1. The highest BCUT2D eigenvalue weighted by Crippen LogP contribution is 2.33. The van der Waals surface area contributed by atoms with Crippen molar-refractivity contribution in [2.24, 2.45) is 0 Å². The molecule has 4 N–H and O–H groups in total. The fourth-order valence-electron chi connectivity index (χ4n) is 1.46. The molecule has 0 spiro atoms. The molecule has 0 aliphatic heterocycles. The van der Waals surface area contributed by atoms with Crippen LogP contribution in [-0.4, -0.2) is 16.2 Å². The van der Waals surface area contributed by atoms with Gasteiger partial charge in [0, 0.05) is 17.7 Å². The number of halogens is 3. The van der Waals surface area contributed by atoms with Crippen molar-refractivity contribution in [3.63, 3.8) is 0 Å². The Hall–Kier alpha value is -1.76. The number of carboxylic acid groups (broad SMARTS) is 1. The van der Waals surface area contributed by atoms with Gasteiger partial charge in [-0.15, -0.1) is 0 Å². The first kappa shape index (κ1) is 14.3. The van der Waals surface area contributed by atoms with Crippen LogP contribution in [0.25, 0.3) is 0 Å². The van der Waals surface area contributed by atoms with E-state index in [2.05, 4.69) is 0 Å². The first-order valence-electron chi connectivity index (χ1n) is 5.08. The van der Waals surface area contributed by atoms with Gasteiger partial charge in [0.25, 0.3) is 0 Å². The lowest BCUT2D eigenvalue weighted by molar-refractivity contribution is -0.138. The molecule has 0 aliphatic carbocycles. The van der Waals surface area contributed by atoms with Crippen molar-refractivity contribution in [1.82, 2.24) is 0 Å². The lowest BCUT2D eigenvalue weighted by Gasteiger charge is -2.15. The average Bonchev–Trinajstić information content (AvgIpc) is 2.24. The van der Waals surface area contributed by atoms with Crippen molar-refractivity contribution < 1.29 is 28.2 Å². The molecular formula is C11H12F3NO3. The Labute approximate surface area is 101 Å². The van der Waals surface area contributed by atoms with Gasteiger partial charge in [0.1, 0.15) is 0 Å². The molecule has 1 unspecified atom stereocenters. The monoisotopic (exact) mass is 263 g/mol. The Morgan fingerprint density at radius 1 is 1.39 bits per heavy atom. The topological polar surface area (TPSA) is 83.5 Å². The Bertz CT molecular complexity index is 446. The molecule has 0 saturated heterocycles. The number of aliphatic hydroxyl groups excluding tert-OH is 1. The zero-order chi connectivity index (χ0) is 13.9. The second-order valence-corrected chi connectivity index (χ2v) is 3.79. The second kappa shape index (κ2) is 5.26. The predicted molar refractivity (Wildman–Crippen MR) is 57.7 cm³/mol. The molecule has 1 rings (SSSR count). The van der Waals surface area contributed by atoms with Crippen LogP contribution in [0.3, 0.4) is 0 Å². The summed E-state index contributed by atoms with van der Waals surface area (Å²) < 4.78 is 37.4. The zero-order valence-corrected chi connectivity index (χ0v) is 9.24. The summed E-state index contributed by atoms with van der Waals surface area (Å²) in [6.45, 7) is 0. The number of aliphatic carboxylic acids is 1. The minimum absolute atomic E-state index is 0.000823. The predicted octanol–water partition coefficient (Wildman–Crippen LogP) is 2.19. The summed E-state index contributed by atoms with van der Waals surface area (Å²) in [5, 5.41) is 18.1. The van der Waals surface area contributed by atoms with Crippen molar-refractivity contribution in [3.05, 3.63) is 29.3 Å². The molecule has 1 atom stereocenters. The molecular weight excluding hydrogens is 251 g/mol. The highest BCUT2D eigenvalue weighted by atomic mass is 19.4. The standard InChI is InChI=1S/C11H12F3NO3/c12-11(13,14)6-1-2-8(15)7(5-6)9(16)3-4-10(17)18/h1-2,5,9,16H,3-4,15H2,(H,17,18). The summed E-state index contributed by atoms with van der Waals surface area (Å²) in [6.07, 6.45) is -6.41. The van der Waals surface area contributed by atoms with E-state index in [0.717, 1.165) is 18.2 Å². The first-order valence-corrected chi connectivity index (χ1v) is 5.08. The second-order valence-electron chi connectivity index (χ2n) is 3.79. The molecule has 4 nitrogen and oxygen atoms in total. The van der Waals surface area contributed by atoms with Crippen molar-refractivity contribution in [2.75, 3.05) is 5.73 Å². The summed E-state index contributed by atoms with van der Waals surface area (Å²) in [5.74, 6) is -1.14. The highest BCUT2D eigenvalue weighted by Gasteiger charge is 2.31. The van der Waals surface area contributed by atoms with Crippen LogP contribution < -0.4 is 5.73 Å². The number of nitrogen functional groups attached to an aromatic ring is 1. The molecule has 7 heteroatoms. The molecule has 1 aromatic carbocycles. The van der Waals surface area contributed by atoms with E-state index in [4.69, 9.17) is 10.8 Å². The van der Waals surface area contributed by atoms with Gasteiger partial charge in [-0.1, -0.05) is 0 Å². The van der Waals surface area contributed by atoms with Gasteiger partial charge in [-0.05, 0) is 24.6 Å². The van der Waals surface area contributed by atoms with Crippen molar-refractivity contribution in [1.29, 1.82) is 0 Å². The average molecular weight is 263 g/mol. The summed E-state index contributed by atoms with van der Waals surface area (Å²) in [4.78, 5) is 10.3. The highest BCUT2D eigenvalue weighted by molar-refractivity contribution is 5.66. The van der Waals surface area contributed by atoms with Crippen LogP contribution in [0.2, 0.25) is 0 Å². The van der Waals surface area contributed by atoms with Gasteiger partial charge >= 0.3 is 12.1 Å². The maximum absolute atomic E-state index is 12.5. The van der Waals surface area contributed by atoms with E-state index in [9.17, 15) is 23.1 Å². The third kappa shape index (κ3) is 3.63. The van der Waals surface area contributed by atoms with E-state index >= 15 is 0 Å². The molecule has 100 valence electrons. The molecule has 0 amide bonds. The molecule has 0 bridgehead atoms. The van der Waals surface area contributed by atoms with Gasteiger partial charge < -0.3 is 15.9 Å². The van der Waals surface area contributed by atoms with Crippen LogP contribution in [0.5, 0.6) is 0 Å². The van der Waals surface area contributed by atoms with Crippen LogP contribution in [0.4, 0.5) is 18.9 Å². The summed E-state index contributed by atoms with van der Waals surface area (Å²) in [5.41, 5.74) is 4.43. The summed E-state index contributed by atoms with van der Waals surface area (Å²) in [6, 6.07) is 2.59. The van der Waals surface area contributed by atoms with Crippen LogP contribution in [0.1, 0.15) is 30.1 Å². The number of anilines is 1. The van der Waals surface area contributed by atoms with Gasteiger partial charge in [0.15, 0.2) is 0 Å². The van der Waals surface area contributed by atoms with Crippen LogP contribution >= 0.6 is 0 Å². The van der Waals surface area contributed by atoms with E-state index in [-0.39, 0.29) is 24.1 Å². The normalized spacial score (nSPS) is 13.3. The number of alkyl halides is 3. The minimum atomic E-state index is -4.53.